The van der Waals surface area contributed by atoms with Gasteiger partial charge in [0, 0.05) is 30.7 Å². The fourth-order valence-corrected chi connectivity index (χ4v) is 7.42. The Bertz CT molecular complexity index is 1120. The summed E-state index contributed by atoms with van der Waals surface area (Å²) in [6, 6.07) is 6.90. The number of fused-ring (bicyclic) bond motifs is 13. The molecule has 236 valence electrons. The first-order chi connectivity index (χ1) is 20.8. The zero-order valence-electron chi connectivity index (χ0n) is 26.2. The molecule has 2 bridgehead atoms. The van der Waals surface area contributed by atoms with Crippen molar-refractivity contribution in [3.63, 3.8) is 0 Å². The van der Waals surface area contributed by atoms with Gasteiger partial charge in [0.05, 0.1) is 18.7 Å². The van der Waals surface area contributed by atoms with E-state index in [9.17, 15) is 19.2 Å². The molecule has 1 N–H and O–H groups in total. The third-order valence-corrected chi connectivity index (χ3v) is 10.5. The molecule has 2 aliphatic carbocycles. The van der Waals surface area contributed by atoms with Crippen molar-refractivity contribution >= 4 is 23.4 Å². The van der Waals surface area contributed by atoms with Gasteiger partial charge in [-0.05, 0) is 75.0 Å². The Hall–Kier alpha value is -2.70. The second-order valence-electron chi connectivity index (χ2n) is 14.1. The van der Waals surface area contributed by atoms with Gasteiger partial charge in [-0.3, -0.25) is 19.2 Å². The number of ketones is 2. The lowest BCUT2D eigenvalue weighted by molar-refractivity contribution is -0.139. The van der Waals surface area contributed by atoms with Crippen molar-refractivity contribution in [2.24, 2.45) is 17.3 Å². The molecule has 5 aliphatic rings. The largest absolute Gasteiger partial charge is 0.494 e. The van der Waals surface area contributed by atoms with Crippen LogP contribution in [0.4, 0.5) is 0 Å². The average Bonchev–Trinajstić information content (AvgIpc) is 3.56. The van der Waals surface area contributed by atoms with Crippen LogP contribution >= 0.6 is 0 Å². The molecule has 43 heavy (non-hydrogen) atoms. The molecule has 1 aromatic rings. The summed E-state index contributed by atoms with van der Waals surface area (Å²) < 4.78 is 5.94. The summed E-state index contributed by atoms with van der Waals surface area (Å²) in [5, 5.41) is 3.19. The number of benzene rings is 1. The van der Waals surface area contributed by atoms with E-state index in [4.69, 9.17) is 4.74 Å². The Kier molecular flexibility index (Phi) is 11.0. The zero-order valence-corrected chi connectivity index (χ0v) is 26.2. The van der Waals surface area contributed by atoms with Crippen molar-refractivity contribution in [3.05, 3.63) is 29.8 Å². The molecule has 3 fully saturated rings. The number of Topliss-reactive ketones (excluding diaryl/α,β-unsaturated/α-hetero) is 2. The predicted octanol–water partition coefficient (Wildman–Crippen LogP) is 6.35. The first-order valence-corrected chi connectivity index (χ1v) is 17.2. The van der Waals surface area contributed by atoms with E-state index >= 15 is 0 Å². The van der Waals surface area contributed by atoms with Gasteiger partial charge in [-0.1, -0.05) is 70.4 Å². The van der Waals surface area contributed by atoms with E-state index in [1.54, 1.807) is 4.90 Å². The van der Waals surface area contributed by atoms with Crippen molar-refractivity contribution in [2.75, 3.05) is 13.2 Å². The Balaban J connectivity index is 1.35. The van der Waals surface area contributed by atoms with Crippen LogP contribution in [0.3, 0.4) is 0 Å². The molecule has 0 radical (unpaired) electrons. The number of nitrogens with zero attached hydrogens (tertiary/aromatic N) is 1. The second kappa shape index (κ2) is 14.9. The van der Waals surface area contributed by atoms with Gasteiger partial charge in [0.2, 0.25) is 11.8 Å². The predicted molar refractivity (Wildman–Crippen MR) is 167 cm³/mol. The van der Waals surface area contributed by atoms with Crippen molar-refractivity contribution in [1.82, 2.24) is 10.2 Å². The van der Waals surface area contributed by atoms with Crippen LogP contribution < -0.4 is 10.1 Å². The molecule has 7 nitrogen and oxygen atoms in total. The minimum atomic E-state index is -0.604. The molecule has 3 heterocycles. The lowest BCUT2D eigenvalue weighted by Crippen LogP contribution is -2.48. The number of hydrogen-bond acceptors (Lipinski definition) is 5. The van der Waals surface area contributed by atoms with Gasteiger partial charge in [0.25, 0.3) is 0 Å². The van der Waals surface area contributed by atoms with Gasteiger partial charge in [-0.25, -0.2) is 0 Å². The number of carbonyl (C=O) groups excluding carboxylic acids is 4. The van der Waals surface area contributed by atoms with Crippen LogP contribution in [0.2, 0.25) is 0 Å². The molecule has 1 saturated heterocycles. The van der Waals surface area contributed by atoms with Crippen molar-refractivity contribution in [3.8, 4) is 5.75 Å². The van der Waals surface area contributed by atoms with Gasteiger partial charge >= 0.3 is 0 Å². The second-order valence-corrected chi connectivity index (χ2v) is 14.1. The smallest absolute Gasteiger partial charge is 0.224 e. The lowest BCUT2D eigenvalue weighted by Gasteiger charge is -2.30. The summed E-state index contributed by atoms with van der Waals surface area (Å²) in [4.78, 5) is 56.4. The highest BCUT2D eigenvalue weighted by atomic mass is 16.5. The third-order valence-electron chi connectivity index (χ3n) is 10.5. The topological polar surface area (TPSA) is 92.8 Å². The molecular formula is C36H52N2O5. The molecule has 3 atom stereocenters. The van der Waals surface area contributed by atoms with Crippen LogP contribution in [0.15, 0.2) is 24.3 Å². The van der Waals surface area contributed by atoms with Gasteiger partial charge in [0.15, 0.2) is 11.6 Å². The maximum absolute atomic E-state index is 14.1. The van der Waals surface area contributed by atoms with Crippen LogP contribution in [-0.2, 0) is 25.6 Å². The molecular weight excluding hydrogens is 540 g/mol. The summed E-state index contributed by atoms with van der Waals surface area (Å²) >= 11 is 0. The number of rotatable bonds is 6. The summed E-state index contributed by atoms with van der Waals surface area (Å²) in [5.74, 6) is 0.621. The minimum absolute atomic E-state index is 0.0341. The van der Waals surface area contributed by atoms with E-state index in [-0.39, 0.29) is 35.2 Å². The number of ether oxygens (including phenoxy) is 1. The molecule has 0 aromatic heterocycles. The molecule has 2 saturated carbocycles. The monoisotopic (exact) mass is 592 g/mol. The van der Waals surface area contributed by atoms with Gasteiger partial charge in [-0.2, -0.15) is 0 Å². The maximum Gasteiger partial charge on any atom is 0.224 e. The molecule has 6 rings (SSSR count). The first-order valence-electron chi connectivity index (χ1n) is 17.2. The summed E-state index contributed by atoms with van der Waals surface area (Å²) in [7, 11) is 0. The van der Waals surface area contributed by atoms with Crippen LogP contribution in [0.25, 0.3) is 0 Å². The zero-order chi connectivity index (χ0) is 30.2. The Morgan fingerprint density at radius 3 is 2.35 bits per heavy atom. The van der Waals surface area contributed by atoms with Gasteiger partial charge in [0.1, 0.15) is 5.75 Å². The van der Waals surface area contributed by atoms with Crippen LogP contribution in [-0.4, -0.2) is 53.5 Å². The van der Waals surface area contributed by atoms with Gasteiger partial charge < -0.3 is 15.0 Å². The standard InChI is InChI=1S/C36H52N2O5/c1-36(19-20-36)34(41)30(24-26-11-6-5-7-12-26)37-35(42)28-23-27-15-17-29(18-16-27)43-22-9-4-2-3-8-14-33(40)38-21-10-13-31(38)32(39)25-28/h15-18,26,28,30-31H,2-14,19-25H2,1H3,(H,37,42)/t28-,30+,31+/m1/s1. The Morgan fingerprint density at radius 1 is 0.907 bits per heavy atom. The fourth-order valence-electron chi connectivity index (χ4n) is 7.42. The van der Waals surface area contributed by atoms with Crippen LogP contribution in [0, 0.1) is 17.3 Å². The highest BCUT2D eigenvalue weighted by molar-refractivity contribution is 5.97. The van der Waals surface area contributed by atoms with Gasteiger partial charge in [-0.15, -0.1) is 0 Å². The number of carbonyl (C=O) groups is 4. The molecule has 2 amide bonds. The normalized spacial score (nSPS) is 26.4. The van der Waals surface area contributed by atoms with Crippen LogP contribution in [0.5, 0.6) is 5.75 Å². The van der Waals surface area contributed by atoms with E-state index in [0.717, 1.165) is 75.5 Å². The number of hydrogen-bond donors (Lipinski definition) is 1. The molecule has 0 spiro atoms. The molecule has 1 aromatic carbocycles. The third kappa shape index (κ3) is 8.69. The molecule has 0 unspecified atom stereocenters. The Morgan fingerprint density at radius 2 is 1.60 bits per heavy atom. The average molecular weight is 593 g/mol. The number of amides is 2. The quantitative estimate of drug-likeness (QED) is 0.415. The SMILES string of the molecule is CC1(C(=O)[C@H](CC2CCCCC2)NC(=O)[C@H]2CC(=O)[C@@H]3CCCN3C(=O)CCCCCCCOc3ccc(cc3)C2)CC1. The Labute approximate surface area is 257 Å². The lowest BCUT2D eigenvalue weighted by atomic mass is 9.81. The van der Waals surface area contributed by atoms with Crippen LogP contribution in [0.1, 0.15) is 122 Å². The summed E-state index contributed by atoms with van der Waals surface area (Å²) in [5.41, 5.74) is 0.627. The highest BCUT2D eigenvalue weighted by Gasteiger charge is 2.48. The molecule has 3 aliphatic heterocycles. The van der Waals surface area contributed by atoms with E-state index < -0.39 is 18.0 Å². The molecule has 7 heteroatoms. The number of nitrogens with one attached hydrogen (secondary N) is 1. The summed E-state index contributed by atoms with van der Waals surface area (Å²) in [6.45, 7) is 3.29. The summed E-state index contributed by atoms with van der Waals surface area (Å²) in [6.07, 6.45) is 15.6. The van der Waals surface area contributed by atoms with E-state index in [1.807, 2.05) is 31.2 Å². The van der Waals surface area contributed by atoms with E-state index in [0.29, 0.717) is 44.8 Å². The van der Waals surface area contributed by atoms with Crippen molar-refractivity contribution < 1.29 is 23.9 Å². The van der Waals surface area contributed by atoms with Crippen molar-refractivity contribution in [1.29, 1.82) is 0 Å². The maximum atomic E-state index is 14.1. The van der Waals surface area contributed by atoms with E-state index in [1.165, 1.54) is 19.3 Å². The van der Waals surface area contributed by atoms with E-state index in [2.05, 4.69) is 5.32 Å². The highest BCUT2D eigenvalue weighted by Crippen LogP contribution is 2.47. The fraction of sp³-hybridized carbons (Fsp3) is 0.722. The first kappa shape index (κ1) is 31.7. The minimum Gasteiger partial charge on any atom is -0.494 e. The van der Waals surface area contributed by atoms with Crippen molar-refractivity contribution in [2.45, 2.75) is 135 Å².